The third-order valence-corrected chi connectivity index (χ3v) is 5.24. The molecule has 0 amide bonds. The van der Waals surface area contributed by atoms with E-state index in [1.807, 2.05) is 18.5 Å². The number of halogens is 1. The second-order valence-electron chi connectivity index (χ2n) is 4.79. The SMILES string of the molecule is CCn1ncc(CN(C)S(=O)(=O)c2ccc(F)cc2)c1C. The van der Waals surface area contributed by atoms with Crippen molar-refractivity contribution in [3.8, 4) is 0 Å². The van der Waals surface area contributed by atoms with Gasteiger partial charge in [-0.2, -0.15) is 9.40 Å². The van der Waals surface area contributed by atoms with Gasteiger partial charge in [-0.3, -0.25) is 4.68 Å². The zero-order valence-electron chi connectivity index (χ0n) is 12.2. The molecule has 0 radical (unpaired) electrons. The van der Waals surface area contributed by atoms with Crippen molar-refractivity contribution in [1.29, 1.82) is 0 Å². The van der Waals surface area contributed by atoms with Crippen LogP contribution < -0.4 is 0 Å². The van der Waals surface area contributed by atoms with Crippen LogP contribution in [-0.2, 0) is 23.1 Å². The average Bonchev–Trinajstić information content (AvgIpc) is 2.80. The molecule has 0 saturated heterocycles. The Hall–Kier alpha value is -1.73. The van der Waals surface area contributed by atoms with Crippen molar-refractivity contribution in [1.82, 2.24) is 14.1 Å². The molecule has 0 atom stereocenters. The summed E-state index contributed by atoms with van der Waals surface area (Å²) < 4.78 is 40.8. The fraction of sp³-hybridized carbons (Fsp3) is 0.357. The molecular weight excluding hydrogens is 293 g/mol. The molecular formula is C14H18FN3O2S. The maximum absolute atomic E-state index is 12.9. The monoisotopic (exact) mass is 311 g/mol. The Morgan fingerprint density at radius 2 is 1.90 bits per heavy atom. The van der Waals surface area contributed by atoms with E-state index in [-0.39, 0.29) is 11.4 Å². The Bertz CT molecular complexity index is 723. The zero-order valence-corrected chi connectivity index (χ0v) is 13.1. The van der Waals surface area contributed by atoms with Crippen LogP contribution in [-0.4, -0.2) is 29.6 Å². The van der Waals surface area contributed by atoms with Gasteiger partial charge in [0.2, 0.25) is 10.0 Å². The van der Waals surface area contributed by atoms with E-state index >= 15 is 0 Å². The van der Waals surface area contributed by atoms with Crippen molar-refractivity contribution in [2.75, 3.05) is 7.05 Å². The molecule has 1 aromatic heterocycles. The number of sulfonamides is 1. The van der Waals surface area contributed by atoms with Gasteiger partial charge in [0.05, 0.1) is 11.1 Å². The Kier molecular flexibility index (Phi) is 4.43. The van der Waals surface area contributed by atoms with Crippen LogP contribution in [0.1, 0.15) is 18.2 Å². The minimum atomic E-state index is -3.64. The predicted octanol–water partition coefficient (Wildman–Crippen LogP) is 2.17. The molecule has 114 valence electrons. The molecule has 7 heteroatoms. The molecule has 0 unspecified atom stereocenters. The second-order valence-corrected chi connectivity index (χ2v) is 6.83. The molecule has 0 aliphatic heterocycles. The number of aryl methyl sites for hydroxylation is 1. The molecule has 5 nitrogen and oxygen atoms in total. The van der Waals surface area contributed by atoms with E-state index in [1.54, 1.807) is 6.20 Å². The van der Waals surface area contributed by atoms with Gasteiger partial charge in [0, 0.05) is 31.4 Å². The van der Waals surface area contributed by atoms with Crippen LogP contribution in [0.3, 0.4) is 0 Å². The van der Waals surface area contributed by atoms with Crippen molar-refractivity contribution in [2.24, 2.45) is 0 Å². The van der Waals surface area contributed by atoms with Gasteiger partial charge in [-0.05, 0) is 38.1 Å². The van der Waals surface area contributed by atoms with Gasteiger partial charge in [0.1, 0.15) is 5.82 Å². The van der Waals surface area contributed by atoms with Gasteiger partial charge in [0.25, 0.3) is 0 Å². The number of nitrogens with zero attached hydrogens (tertiary/aromatic N) is 3. The topological polar surface area (TPSA) is 55.2 Å². The maximum atomic E-state index is 12.9. The molecule has 21 heavy (non-hydrogen) atoms. The first-order chi connectivity index (χ1) is 9.86. The Balaban J connectivity index is 2.24. The summed E-state index contributed by atoms with van der Waals surface area (Å²) in [5.74, 6) is -0.461. The maximum Gasteiger partial charge on any atom is 0.243 e. The molecule has 0 aliphatic rings. The lowest BCUT2D eigenvalue weighted by Crippen LogP contribution is -2.26. The molecule has 2 rings (SSSR count). The molecule has 0 saturated carbocycles. The Labute approximate surface area is 124 Å². The molecule has 1 aromatic carbocycles. The first kappa shape index (κ1) is 15.7. The molecule has 0 N–H and O–H groups in total. The average molecular weight is 311 g/mol. The summed E-state index contributed by atoms with van der Waals surface area (Å²) in [7, 11) is -2.14. The lowest BCUT2D eigenvalue weighted by molar-refractivity contribution is 0.465. The highest BCUT2D eigenvalue weighted by atomic mass is 32.2. The minimum absolute atomic E-state index is 0.0759. The van der Waals surface area contributed by atoms with Gasteiger partial charge >= 0.3 is 0 Å². The fourth-order valence-corrected chi connectivity index (χ4v) is 3.22. The molecule has 0 bridgehead atoms. The Morgan fingerprint density at radius 1 is 1.29 bits per heavy atom. The summed E-state index contributed by atoms with van der Waals surface area (Å²) in [5, 5.41) is 4.20. The van der Waals surface area contributed by atoms with Crippen molar-refractivity contribution >= 4 is 10.0 Å². The molecule has 0 spiro atoms. The van der Waals surface area contributed by atoms with Crippen molar-refractivity contribution in [3.05, 3.63) is 47.5 Å². The van der Waals surface area contributed by atoms with E-state index in [2.05, 4.69) is 5.10 Å². The number of benzene rings is 1. The van der Waals surface area contributed by atoms with E-state index in [4.69, 9.17) is 0 Å². The minimum Gasteiger partial charge on any atom is -0.270 e. The highest BCUT2D eigenvalue weighted by Crippen LogP contribution is 2.18. The second kappa shape index (κ2) is 5.95. The highest BCUT2D eigenvalue weighted by Gasteiger charge is 2.22. The summed E-state index contributed by atoms with van der Waals surface area (Å²) in [6.07, 6.45) is 1.68. The first-order valence-corrected chi connectivity index (χ1v) is 8.03. The molecule has 1 heterocycles. The van der Waals surface area contributed by atoms with E-state index in [1.165, 1.54) is 23.5 Å². The summed E-state index contributed by atoms with van der Waals surface area (Å²) >= 11 is 0. The zero-order chi connectivity index (χ0) is 15.6. The van der Waals surface area contributed by atoms with Crippen LogP contribution in [0, 0.1) is 12.7 Å². The quantitative estimate of drug-likeness (QED) is 0.850. The van der Waals surface area contributed by atoms with Gasteiger partial charge in [-0.15, -0.1) is 0 Å². The van der Waals surface area contributed by atoms with Crippen LogP contribution in [0.25, 0.3) is 0 Å². The first-order valence-electron chi connectivity index (χ1n) is 6.59. The molecule has 0 aliphatic carbocycles. The van der Waals surface area contributed by atoms with Gasteiger partial charge in [-0.1, -0.05) is 0 Å². The van der Waals surface area contributed by atoms with Gasteiger partial charge < -0.3 is 0 Å². The van der Waals surface area contributed by atoms with Crippen molar-refractivity contribution in [2.45, 2.75) is 31.8 Å². The standard InChI is InChI=1S/C14H18FN3O2S/c1-4-18-11(2)12(9-16-18)10-17(3)21(19,20)14-7-5-13(15)6-8-14/h5-9H,4,10H2,1-3H3. The summed E-state index contributed by atoms with van der Waals surface area (Å²) in [6, 6.07) is 4.81. The summed E-state index contributed by atoms with van der Waals surface area (Å²) in [4.78, 5) is 0.0759. The van der Waals surface area contributed by atoms with E-state index in [0.29, 0.717) is 0 Å². The lowest BCUT2D eigenvalue weighted by Gasteiger charge is -2.17. The fourth-order valence-electron chi connectivity index (χ4n) is 2.07. The molecule has 2 aromatic rings. The predicted molar refractivity (Wildman–Crippen MR) is 77.7 cm³/mol. The summed E-state index contributed by atoms with van der Waals surface area (Å²) in [5.41, 5.74) is 1.80. The smallest absolute Gasteiger partial charge is 0.243 e. The molecule has 0 fully saturated rings. The van der Waals surface area contributed by atoms with E-state index < -0.39 is 15.8 Å². The highest BCUT2D eigenvalue weighted by molar-refractivity contribution is 7.89. The van der Waals surface area contributed by atoms with Crippen molar-refractivity contribution < 1.29 is 12.8 Å². The number of hydrogen-bond donors (Lipinski definition) is 0. The van der Waals surface area contributed by atoms with Crippen LogP contribution >= 0.6 is 0 Å². The van der Waals surface area contributed by atoms with Crippen LogP contribution in [0.5, 0.6) is 0 Å². The number of aromatic nitrogens is 2. The largest absolute Gasteiger partial charge is 0.270 e. The number of hydrogen-bond acceptors (Lipinski definition) is 3. The van der Waals surface area contributed by atoms with Gasteiger partial charge in [-0.25, -0.2) is 12.8 Å². The number of rotatable bonds is 5. The van der Waals surface area contributed by atoms with Gasteiger partial charge in [0.15, 0.2) is 0 Å². The van der Waals surface area contributed by atoms with E-state index in [0.717, 1.165) is 29.9 Å². The van der Waals surface area contributed by atoms with Crippen LogP contribution in [0.2, 0.25) is 0 Å². The lowest BCUT2D eigenvalue weighted by atomic mass is 10.2. The Morgan fingerprint density at radius 3 is 2.43 bits per heavy atom. The van der Waals surface area contributed by atoms with Crippen LogP contribution in [0.4, 0.5) is 4.39 Å². The summed E-state index contributed by atoms with van der Waals surface area (Å²) in [6.45, 7) is 4.85. The van der Waals surface area contributed by atoms with Crippen molar-refractivity contribution in [3.63, 3.8) is 0 Å². The third-order valence-electron chi connectivity index (χ3n) is 3.42. The van der Waals surface area contributed by atoms with Crippen LogP contribution in [0.15, 0.2) is 35.4 Å². The third kappa shape index (κ3) is 3.14. The normalized spacial score (nSPS) is 12.0. The van der Waals surface area contributed by atoms with E-state index in [9.17, 15) is 12.8 Å².